The first-order chi connectivity index (χ1) is 16.2. The van der Waals surface area contributed by atoms with Crippen LogP contribution >= 0.6 is 0 Å². The number of carbonyl (C=O) groups is 3. The standard InChI is InChI=1S/C27H29N3O4/c1-18(2)8-9-19-10-11-22-24(14-19)29(17-25(31)30(27(22)34)13-12-26(32)33)16-20-15-28(3)23-7-5-4-6-21(20)23/h4-11,14-15,18H,12-13,16-17H2,1-3H3,(H,32,33)/b9-8+. The number of rotatable bonds is 7. The van der Waals surface area contributed by atoms with Crippen molar-refractivity contribution in [2.24, 2.45) is 13.0 Å². The van der Waals surface area contributed by atoms with E-state index in [0.717, 1.165) is 26.9 Å². The van der Waals surface area contributed by atoms with Crippen LogP contribution in [-0.2, 0) is 23.2 Å². The van der Waals surface area contributed by atoms with Gasteiger partial charge in [-0.2, -0.15) is 0 Å². The maximum atomic E-state index is 13.3. The lowest BCUT2D eigenvalue weighted by Gasteiger charge is -2.24. The molecule has 0 aliphatic carbocycles. The van der Waals surface area contributed by atoms with Crippen LogP contribution in [0.5, 0.6) is 0 Å². The van der Waals surface area contributed by atoms with E-state index in [2.05, 4.69) is 30.6 Å². The average molecular weight is 460 g/mol. The van der Waals surface area contributed by atoms with Crippen LogP contribution in [0.2, 0.25) is 0 Å². The monoisotopic (exact) mass is 459 g/mol. The Balaban J connectivity index is 1.78. The predicted molar refractivity (Wildman–Crippen MR) is 133 cm³/mol. The first kappa shape index (κ1) is 23.3. The van der Waals surface area contributed by atoms with Crippen LogP contribution in [0.4, 0.5) is 5.69 Å². The van der Waals surface area contributed by atoms with Gasteiger partial charge in [0.05, 0.1) is 24.2 Å². The molecule has 1 N–H and O–H groups in total. The van der Waals surface area contributed by atoms with Crippen LogP contribution in [-0.4, -0.2) is 45.4 Å². The largest absolute Gasteiger partial charge is 0.481 e. The molecule has 2 amide bonds. The van der Waals surface area contributed by atoms with Crippen molar-refractivity contribution >= 4 is 40.4 Å². The molecule has 0 saturated carbocycles. The van der Waals surface area contributed by atoms with Gasteiger partial charge in [-0.25, -0.2) is 0 Å². The van der Waals surface area contributed by atoms with Crippen LogP contribution in [0.1, 0.15) is 41.8 Å². The second-order valence-corrected chi connectivity index (χ2v) is 9.01. The third-order valence-electron chi connectivity index (χ3n) is 6.03. The van der Waals surface area contributed by atoms with Gasteiger partial charge in [-0.1, -0.05) is 50.3 Å². The minimum absolute atomic E-state index is 0.0150. The van der Waals surface area contributed by atoms with Crippen molar-refractivity contribution in [3.8, 4) is 0 Å². The summed E-state index contributed by atoms with van der Waals surface area (Å²) in [5, 5.41) is 10.2. The number of benzene rings is 2. The van der Waals surface area contributed by atoms with Gasteiger partial charge in [0.15, 0.2) is 0 Å². The van der Waals surface area contributed by atoms with E-state index in [1.54, 1.807) is 6.07 Å². The van der Waals surface area contributed by atoms with E-state index < -0.39 is 17.8 Å². The molecule has 7 nitrogen and oxygen atoms in total. The molecule has 0 saturated heterocycles. The van der Waals surface area contributed by atoms with Crippen LogP contribution < -0.4 is 4.90 Å². The molecule has 0 spiro atoms. The molecular formula is C27H29N3O4. The van der Waals surface area contributed by atoms with E-state index in [1.807, 2.05) is 54.6 Å². The number of carboxylic acid groups (broad SMARTS) is 1. The summed E-state index contributed by atoms with van der Waals surface area (Å²) in [7, 11) is 1.99. The number of nitrogens with zero attached hydrogens (tertiary/aromatic N) is 3. The zero-order chi connectivity index (χ0) is 24.4. The molecule has 0 bridgehead atoms. The molecule has 0 unspecified atom stereocenters. The summed E-state index contributed by atoms with van der Waals surface area (Å²) in [6, 6.07) is 13.6. The zero-order valence-corrected chi connectivity index (χ0v) is 19.7. The van der Waals surface area contributed by atoms with Crippen molar-refractivity contribution in [3.05, 3.63) is 71.4 Å². The molecule has 176 valence electrons. The lowest BCUT2D eigenvalue weighted by atomic mass is 10.0. The SMILES string of the molecule is CC(C)/C=C/c1ccc2c(c1)N(Cc1cn(C)c3ccccc13)CC(=O)N(CCC(=O)O)C2=O. The van der Waals surface area contributed by atoms with E-state index >= 15 is 0 Å². The number of carboxylic acids is 1. The number of hydrogen-bond acceptors (Lipinski definition) is 4. The van der Waals surface area contributed by atoms with Crippen LogP contribution in [0.3, 0.4) is 0 Å². The second-order valence-electron chi connectivity index (χ2n) is 9.01. The summed E-state index contributed by atoms with van der Waals surface area (Å²) >= 11 is 0. The summed E-state index contributed by atoms with van der Waals surface area (Å²) in [6.45, 7) is 4.46. The molecule has 1 aliphatic rings. The van der Waals surface area contributed by atoms with Gasteiger partial charge in [-0.3, -0.25) is 19.3 Å². The number of aromatic nitrogens is 1. The van der Waals surface area contributed by atoms with Crippen LogP contribution in [0.25, 0.3) is 17.0 Å². The Morgan fingerprint density at radius 3 is 2.65 bits per heavy atom. The summed E-state index contributed by atoms with van der Waals surface area (Å²) < 4.78 is 2.05. The Bertz CT molecular complexity index is 1290. The molecule has 0 atom stereocenters. The van der Waals surface area contributed by atoms with E-state index in [9.17, 15) is 14.4 Å². The highest BCUT2D eigenvalue weighted by Gasteiger charge is 2.32. The molecule has 7 heteroatoms. The summed E-state index contributed by atoms with van der Waals surface area (Å²) in [6.07, 6.45) is 5.86. The van der Waals surface area contributed by atoms with Gasteiger partial charge in [0.2, 0.25) is 5.91 Å². The fourth-order valence-electron chi connectivity index (χ4n) is 4.32. The number of hydrogen-bond donors (Lipinski definition) is 1. The number of aryl methyl sites for hydroxylation is 1. The first-order valence-corrected chi connectivity index (χ1v) is 11.4. The normalized spacial score (nSPS) is 14.4. The van der Waals surface area contributed by atoms with Gasteiger partial charge >= 0.3 is 5.97 Å². The van der Waals surface area contributed by atoms with Gasteiger partial charge in [-0.05, 0) is 35.2 Å². The number of anilines is 1. The fourth-order valence-corrected chi connectivity index (χ4v) is 4.32. The summed E-state index contributed by atoms with van der Waals surface area (Å²) in [5.41, 5.74) is 4.15. The molecule has 3 aromatic rings. The van der Waals surface area contributed by atoms with Crippen molar-refractivity contribution in [2.75, 3.05) is 18.0 Å². The quantitative estimate of drug-likeness (QED) is 0.533. The van der Waals surface area contributed by atoms with Gasteiger partial charge in [0, 0.05) is 37.2 Å². The number of aliphatic carboxylic acids is 1. The minimum atomic E-state index is -1.05. The molecule has 4 rings (SSSR count). The highest BCUT2D eigenvalue weighted by atomic mass is 16.4. The van der Waals surface area contributed by atoms with Crippen molar-refractivity contribution < 1.29 is 19.5 Å². The molecule has 1 aliphatic heterocycles. The maximum Gasteiger partial charge on any atom is 0.305 e. The van der Waals surface area contributed by atoms with Gasteiger partial charge in [0.25, 0.3) is 5.91 Å². The molecule has 0 fully saturated rings. The Labute approximate surface area is 198 Å². The number of carbonyl (C=O) groups excluding carboxylic acids is 2. The van der Waals surface area contributed by atoms with Crippen molar-refractivity contribution in [1.29, 1.82) is 0 Å². The lowest BCUT2D eigenvalue weighted by molar-refractivity contribution is -0.137. The maximum absolute atomic E-state index is 13.3. The third-order valence-corrected chi connectivity index (χ3v) is 6.03. The molecule has 2 aromatic carbocycles. The second kappa shape index (κ2) is 9.55. The van der Waals surface area contributed by atoms with E-state index in [-0.39, 0.29) is 19.5 Å². The highest BCUT2D eigenvalue weighted by molar-refractivity contribution is 6.11. The predicted octanol–water partition coefficient (Wildman–Crippen LogP) is 4.31. The van der Waals surface area contributed by atoms with Crippen molar-refractivity contribution in [1.82, 2.24) is 9.47 Å². The van der Waals surface area contributed by atoms with E-state index in [0.29, 0.717) is 23.7 Å². The fraction of sp³-hybridized carbons (Fsp3) is 0.296. The molecular weight excluding hydrogens is 430 g/mol. The number of para-hydroxylation sites is 1. The topological polar surface area (TPSA) is 82.8 Å². The summed E-state index contributed by atoms with van der Waals surface area (Å²) in [5.74, 6) is -1.53. The van der Waals surface area contributed by atoms with Crippen molar-refractivity contribution in [2.45, 2.75) is 26.8 Å². The summed E-state index contributed by atoms with van der Waals surface area (Å²) in [4.78, 5) is 40.6. The van der Waals surface area contributed by atoms with Crippen LogP contribution in [0.15, 0.2) is 54.7 Å². The van der Waals surface area contributed by atoms with Gasteiger partial charge in [-0.15, -0.1) is 0 Å². The molecule has 34 heavy (non-hydrogen) atoms. The van der Waals surface area contributed by atoms with E-state index in [1.165, 1.54) is 0 Å². The van der Waals surface area contributed by atoms with E-state index in [4.69, 9.17) is 5.11 Å². The molecule has 1 aromatic heterocycles. The Hall–Kier alpha value is -3.87. The zero-order valence-electron chi connectivity index (χ0n) is 19.7. The highest BCUT2D eigenvalue weighted by Crippen LogP contribution is 2.31. The Morgan fingerprint density at radius 1 is 1.15 bits per heavy atom. The van der Waals surface area contributed by atoms with Crippen LogP contribution in [0, 0.1) is 5.92 Å². The Morgan fingerprint density at radius 2 is 1.91 bits per heavy atom. The number of fused-ring (bicyclic) bond motifs is 2. The van der Waals surface area contributed by atoms with Crippen molar-refractivity contribution in [3.63, 3.8) is 0 Å². The third kappa shape index (κ3) is 4.73. The first-order valence-electron chi connectivity index (χ1n) is 11.4. The molecule has 2 heterocycles. The van der Waals surface area contributed by atoms with Gasteiger partial charge < -0.3 is 14.6 Å². The minimum Gasteiger partial charge on any atom is -0.481 e. The Kier molecular flexibility index (Phi) is 6.54. The smallest absolute Gasteiger partial charge is 0.305 e. The average Bonchev–Trinajstić information content (AvgIpc) is 3.07. The number of allylic oxidation sites excluding steroid dienone is 1. The number of amides is 2. The lowest BCUT2D eigenvalue weighted by Crippen LogP contribution is -2.41. The van der Waals surface area contributed by atoms with Gasteiger partial charge in [0.1, 0.15) is 0 Å². The number of imide groups is 1. The molecule has 0 radical (unpaired) electrons.